The van der Waals surface area contributed by atoms with Gasteiger partial charge in [-0.05, 0) is 18.6 Å². The lowest BCUT2D eigenvalue weighted by Gasteiger charge is -2.36. The highest BCUT2D eigenvalue weighted by Crippen LogP contribution is 2.26. The van der Waals surface area contributed by atoms with Gasteiger partial charge >= 0.3 is 0 Å². The molecule has 0 radical (unpaired) electrons. The number of hydrogen-bond acceptors (Lipinski definition) is 7. The van der Waals surface area contributed by atoms with Crippen LogP contribution in [0.25, 0.3) is 17.2 Å². The van der Waals surface area contributed by atoms with E-state index < -0.39 is 0 Å². The normalized spacial score (nSPS) is 17.4. The summed E-state index contributed by atoms with van der Waals surface area (Å²) < 4.78 is 6.91. The molecule has 2 N–H and O–H groups in total. The van der Waals surface area contributed by atoms with Gasteiger partial charge in [-0.2, -0.15) is 9.50 Å². The van der Waals surface area contributed by atoms with Crippen LogP contribution in [0.1, 0.15) is 6.42 Å². The first kappa shape index (κ1) is 13.4. The van der Waals surface area contributed by atoms with Crippen molar-refractivity contribution >= 4 is 17.4 Å². The van der Waals surface area contributed by atoms with Gasteiger partial charge < -0.3 is 20.0 Å². The molecule has 5 rings (SSSR count). The quantitative estimate of drug-likeness (QED) is 0.762. The fourth-order valence-corrected chi connectivity index (χ4v) is 3.36. The second-order valence-electron chi connectivity index (χ2n) is 6.05. The van der Waals surface area contributed by atoms with Crippen molar-refractivity contribution in [3.8, 4) is 11.6 Å². The molecule has 0 bridgehead atoms. The predicted molar refractivity (Wildman–Crippen MR) is 89.4 cm³/mol. The molecule has 3 aromatic heterocycles. The Balaban J connectivity index is 1.53. The summed E-state index contributed by atoms with van der Waals surface area (Å²) in [6, 6.07) is 5.56. The molecule has 24 heavy (non-hydrogen) atoms. The molecule has 0 saturated carbocycles. The molecule has 1 saturated heterocycles. The zero-order valence-corrected chi connectivity index (χ0v) is 13.1. The average molecular weight is 323 g/mol. The number of nitrogen functional groups attached to an aromatic ring is 1. The average Bonchev–Trinajstić information content (AvgIpc) is 3.32. The van der Waals surface area contributed by atoms with Crippen LogP contribution in [0.4, 0.5) is 11.8 Å². The van der Waals surface area contributed by atoms with Crippen molar-refractivity contribution in [3.63, 3.8) is 0 Å². The Bertz CT molecular complexity index is 927. The van der Waals surface area contributed by atoms with E-state index in [1.807, 2.05) is 18.2 Å². The molecule has 2 aliphatic heterocycles. The van der Waals surface area contributed by atoms with E-state index in [0.29, 0.717) is 23.2 Å². The van der Waals surface area contributed by atoms with Gasteiger partial charge in [0.15, 0.2) is 11.4 Å². The second-order valence-corrected chi connectivity index (χ2v) is 6.05. The van der Waals surface area contributed by atoms with Crippen molar-refractivity contribution in [1.82, 2.24) is 24.5 Å². The summed E-state index contributed by atoms with van der Waals surface area (Å²) in [4.78, 5) is 13.7. The van der Waals surface area contributed by atoms with Crippen molar-refractivity contribution in [2.75, 3.05) is 36.8 Å². The SMILES string of the molecule is Nc1nc(N2CCN3CCC=C3C2)cc2nc(-c3ccco3)nn12. The molecule has 1 fully saturated rings. The lowest BCUT2D eigenvalue weighted by atomic mass is 10.3. The molecule has 0 aromatic carbocycles. The third kappa shape index (κ3) is 2.03. The van der Waals surface area contributed by atoms with E-state index >= 15 is 0 Å². The summed E-state index contributed by atoms with van der Waals surface area (Å²) in [6.07, 6.45) is 5.04. The number of furan rings is 1. The number of hydrogen-bond donors (Lipinski definition) is 1. The molecule has 0 spiro atoms. The summed E-state index contributed by atoms with van der Waals surface area (Å²) in [5.74, 6) is 2.29. The Hall–Kier alpha value is -3.03. The fraction of sp³-hybridized carbons (Fsp3) is 0.312. The Morgan fingerprint density at radius 1 is 1.12 bits per heavy atom. The maximum Gasteiger partial charge on any atom is 0.225 e. The summed E-state index contributed by atoms with van der Waals surface area (Å²) in [5.41, 5.74) is 8.15. The van der Waals surface area contributed by atoms with Gasteiger partial charge in [0.05, 0.1) is 12.8 Å². The molecule has 0 atom stereocenters. The van der Waals surface area contributed by atoms with Crippen molar-refractivity contribution in [3.05, 3.63) is 36.2 Å². The highest BCUT2D eigenvalue weighted by molar-refractivity contribution is 5.60. The van der Waals surface area contributed by atoms with E-state index in [0.717, 1.165) is 38.4 Å². The highest BCUT2D eigenvalue weighted by Gasteiger charge is 2.25. The number of fused-ring (bicyclic) bond motifs is 2. The molecule has 0 aliphatic carbocycles. The summed E-state index contributed by atoms with van der Waals surface area (Å²) >= 11 is 0. The summed E-state index contributed by atoms with van der Waals surface area (Å²) in [5, 5.41) is 4.38. The molecule has 8 heteroatoms. The van der Waals surface area contributed by atoms with Gasteiger partial charge in [-0.3, -0.25) is 0 Å². The maximum absolute atomic E-state index is 6.10. The minimum absolute atomic E-state index is 0.329. The van der Waals surface area contributed by atoms with Crippen LogP contribution in [0.15, 0.2) is 40.7 Å². The van der Waals surface area contributed by atoms with E-state index in [4.69, 9.17) is 10.2 Å². The van der Waals surface area contributed by atoms with E-state index in [2.05, 4.69) is 30.9 Å². The van der Waals surface area contributed by atoms with Crippen molar-refractivity contribution < 1.29 is 4.42 Å². The van der Waals surface area contributed by atoms with Crippen molar-refractivity contribution in [2.45, 2.75) is 6.42 Å². The first-order valence-electron chi connectivity index (χ1n) is 8.04. The number of nitrogens with two attached hydrogens (primary N) is 1. The number of anilines is 2. The van der Waals surface area contributed by atoms with Crippen LogP contribution in [0.3, 0.4) is 0 Å². The number of aromatic nitrogens is 4. The zero-order chi connectivity index (χ0) is 16.1. The van der Waals surface area contributed by atoms with E-state index in [1.54, 1.807) is 10.8 Å². The fourth-order valence-electron chi connectivity index (χ4n) is 3.36. The first-order valence-corrected chi connectivity index (χ1v) is 8.04. The molecule has 5 heterocycles. The zero-order valence-electron chi connectivity index (χ0n) is 13.1. The predicted octanol–water partition coefficient (Wildman–Crippen LogP) is 1.38. The Kier molecular flexibility index (Phi) is 2.79. The van der Waals surface area contributed by atoms with Crippen LogP contribution < -0.4 is 10.6 Å². The standard InChI is InChI=1S/C16H17N7O/c17-16-19-13(22-7-6-21-5-1-3-11(21)10-22)9-14-18-15(20-23(14)16)12-4-2-8-24-12/h2-4,8-9H,1,5-7,10H2,(H2,17,19). The molecule has 0 unspecified atom stereocenters. The number of piperazine rings is 1. The topological polar surface area (TPSA) is 88.7 Å². The molecule has 0 amide bonds. The molecule has 8 nitrogen and oxygen atoms in total. The maximum atomic E-state index is 6.10. The van der Waals surface area contributed by atoms with Gasteiger partial charge in [0.1, 0.15) is 5.82 Å². The van der Waals surface area contributed by atoms with Crippen LogP contribution in [0.2, 0.25) is 0 Å². The van der Waals surface area contributed by atoms with Gasteiger partial charge in [0.25, 0.3) is 0 Å². The van der Waals surface area contributed by atoms with Gasteiger partial charge in [-0.15, -0.1) is 5.10 Å². The Labute approximate surface area is 138 Å². The van der Waals surface area contributed by atoms with E-state index in [9.17, 15) is 0 Å². The monoisotopic (exact) mass is 323 g/mol. The minimum atomic E-state index is 0.329. The van der Waals surface area contributed by atoms with Gasteiger partial charge in [0, 0.05) is 31.4 Å². The number of rotatable bonds is 2. The van der Waals surface area contributed by atoms with E-state index in [-0.39, 0.29) is 0 Å². The largest absolute Gasteiger partial charge is 0.461 e. The van der Waals surface area contributed by atoms with Gasteiger partial charge in [-0.1, -0.05) is 6.08 Å². The van der Waals surface area contributed by atoms with Crippen molar-refractivity contribution in [1.29, 1.82) is 0 Å². The second kappa shape index (κ2) is 4.98. The van der Waals surface area contributed by atoms with E-state index in [1.165, 1.54) is 5.70 Å². The first-order chi connectivity index (χ1) is 11.8. The van der Waals surface area contributed by atoms with Crippen LogP contribution in [0, 0.1) is 0 Å². The Morgan fingerprint density at radius 2 is 2.04 bits per heavy atom. The van der Waals surface area contributed by atoms with Crippen LogP contribution in [-0.2, 0) is 0 Å². The molecular formula is C16H17N7O. The molecule has 122 valence electrons. The van der Waals surface area contributed by atoms with Gasteiger partial charge in [0.2, 0.25) is 11.8 Å². The lowest BCUT2D eigenvalue weighted by Crippen LogP contribution is -2.43. The third-order valence-corrected chi connectivity index (χ3v) is 4.58. The Morgan fingerprint density at radius 3 is 2.92 bits per heavy atom. The highest BCUT2D eigenvalue weighted by atomic mass is 16.3. The van der Waals surface area contributed by atoms with Crippen LogP contribution >= 0.6 is 0 Å². The van der Waals surface area contributed by atoms with Gasteiger partial charge in [-0.25, -0.2) is 4.98 Å². The van der Waals surface area contributed by atoms with Crippen molar-refractivity contribution in [2.24, 2.45) is 0 Å². The summed E-state index contributed by atoms with van der Waals surface area (Å²) in [6.45, 7) is 3.94. The molecule has 3 aromatic rings. The number of nitrogens with zero attached hydrogens (tertiary/aromatic N) is 6. The third-order valence-electron chi connectivity index (χ3n) is 4.58. The smallest absolute Gasteiger partial charge is 0.225 e. The molecular weight excluding hydrogens is 306 g/mol. The minimum Gasteiger partial charge on any atom is -0.461 e. The van der Waals surface area contributed by atoms with Crippen LogP contribution in [0.5, 0.6) is 0 Å². The lowest BCUT2D eigenvalue weighted by molar-refractivity contribution is 0.347. The van der Waals surface area contributed by atoms with Crippen LogP contribution in [-0.4, -0.2) is 50.7 Å². The summed E-state index contributed by atoms with van der Waals surface area (Å²) in [7, 11) is 0. The molecule has 2 aliphatic rings.